The topological polar surface area (TPSA) is 0 Å². The third-order valence-electron chi connectivity index (χ3n) is 4.46. The van der Waals surface area contributed by atoms with Gasteiger partial charge in [0.15, 0.2) is 0 Å². The molecule has 1 fully saturated rings. The van der Waals surface area contributed by atoms with Crippen molar-refractivity contribution in [3.63, 3.8) is 0 Å². The Kier molecular flexibility index (Phi) is 4.34. The highest BCUT2D eigenvalue weighted by Gasteiger charge is 2.24. The van der Waals surface area contributed by atoms with Crippen LogP contribution >= 0.6 is 0 Å². The van der Waals surface area contributed by atoms with E-state index in [2.05, 4.69) is 18.2 Å². The van der Waals surface area contributed by atoms with Gasteiger partial charge in [-0.1, -0.05) is 49.1 Å². The minimum Gasteiger partial charge on any atom is -0.207 e. The molecule has 104 valence electrons. The fraction of sp³-hybridized carbons (Fsp3) is 0.421. The normalized spacial score (nSPS) is 20.9. The molecule has 0 N–H and O–H groups in total. The van der Waals surface area contributed by atoms with E-state index in [4.69, 9.17) is 0 Å². The third kappa shape index (κ3) is 3.39. The first-order valence-corrected chi connectivity index (χ1v) is 7.69. The first-order valence-electron chi connectivity index (χ1n) is 7.69. The van der Waals surface area contributed by atoms with E-state index in [0.717, 1.165) is 18.8 Å². The van der Waals surface area contributed by atoms with E-state index in [-0.39, 0.29) is 5.82 Å². The van der Waals surface area contributed by atoms with Crippen LogP contribution in [-0.4, -0.2) is 0 Å². The summed E-state index contributed by atoms with van der Waals surface area (Å²) in [5, 5.41) is 0. The minimum atomic E-state index is -0.162. The largest absolute Gasteiger partial charge is 0.207 e. The van der Waals surface area contributed by atoms with E-state index in [1.807, 2.05) is 12.1 Å². The van der Waals surface area contributed by atoms with Gasteiger partial charge in [-0.2, -0.15) is 0 Å². The summed E-state index contributed by atoms with van der Waals surface area (Å²) in [5.41, 5.74) is 2.51. The Labute approximate surface area is 121 Å². The highest BCUT2D eigenvalue weighted by molar-refractivity contribution is 5.32. The molecule has 1 saturated carbocycles. The summed E-state index contributed by atoms with van der Waals surface area (Å²) in [4.78, 5) is 0. The van der Waals surface area contributed by atoms with Gasteiger partial charge in [0, 0.05) is 5.92 Å². The van der Waals surface area contributed by atoms with Crippen LogP contribution in [0.5, 0.6) is 0 Å². The molecule has 20 heavy (non-hydrogen) atoms. The van der Waals surface area contributed by atoms with E-state index in [0.29, 0.717) is 0 Å². The van der Waals surface area contributed by atoms with Crippen LogP contribution in [0.15, 0.2) is 42.0 Å². The molecule has 0 atom stereocenters. The average molecular weight is 268 g/mol. The second-order valence-corrected chi connectivity index (χ2v) is 5.97. The summed E-state index contributed by atoms with van der Waals surface area (Å²) in [6, 6.07) is 6.84. The van der Waals surface area contributed by atoms with Crippen LogP contribution in [0.4, 0.5) is 4.39 Å². The Bertz CT molecular complexity index is 489. The van der Waals surface area contributed by atoms with E-state index in [1.54, 1.807) is 18.1 Å². The predicted octanol–water partition coefficient (Wildman–Crippen LogP) is 5.21. The number of rotatable bonds is 3. The van der Waals surface area contributed by atoms with Crippen molar-refractivity contribution in [1.82, 2.24) is 0 Å². The summed E-state index contributed by atoms with van der Waals surface area (Å²) in [5.74, 6) is 2.20. The van der Waals surface area contributed by atoms with Crippen molar-refractivity contribution < 1.29 is 4.39 Å². The van der Waals surface area contributed by atoms with Gasteiger partial charge in [0.25, 0.3) is 0 Å². The summed E-state index contributed by atoms with van der Waals surface area (Å²) in [6.45, 7) is 0. The molecule has 3 rings (SSSR count). The van der Waals surface area contributed by atoms with Gasteiger partial charge in [0.2, 0.25) is 0 Å². The maximum Gasteiger partial charge on any atom is 0.123 e. The lowest BCUT2D eigenvalue weighted by molar-refractivity contribution is 0.372. The second-order valence-electron chi connectivity index (χ2n) is 5.97. The molecule has 0 amide bonds. The van der Waals surface area contributed by atoms with Crippen LogP contribution in [0.3, 0.4) is 0 Å². The maximum absolute atomic E-state index is 12.9. The molecule has 2 aliphatic carbocycles. The summed E-state index contributed by atoms with van der Waals surface area (Å²) in [7, 11) is 0. The fourth-order valence-corrected chi connectivity index (χ4v) is 3.34. The Hall–Kier alpha value is -1.37. The second kappa shape index (κ2) is 6.39. The Morgan fingerprint density at radius 1 is 1.05 bits per heavy atom. The summed E-state index contributed by atoms with van der Waals surface area (Å²) in [6.07, 6.45) is 16.5. The molecule has 0 heterocycles. The van der Waals surface area contributed by atoms with Gasteiger partial charge < -0.3 is 0 Å². The van der Waals surface area contributed by atoms with Gasteiger partial charge in [0.1, 0.15) is 5.82 Å². The van der Waals surface area contributed by atoms with Crippen LogP contribution < -0.4 is 0 Å². The molecule has 1 heteroatoms. The third-order valence-corrected chi connectivity index (χ3v) is 4.46. The van der Waals surface area contributed by atoms with Crippen molar-refractivity contribution in [2.24, 2.45) is 5.92 Å². The molecule has 0 nitrogen and oxygen atoms in total. The molecular weight excluding hydrogens is 247 g/mol. The Balaban J connectivity index is 1.61. The van der Waals surface area contributed by atoms with Crippen molar-refractivity contribution in [3.8, 4) is 0 Å². The van der Waals surface area contributed by atoms with Crippen LogP contribution in [0, 0.1) is 23.7 Å². The molecule has 2 radical (unpaired) electrons. The van der Waals surface area contributed by atoms with Crippen molar-refractivity contribution in [2.45, 2.75) is 44.9 Å². The number of hydrogen-bond acceptors (Lipinski definition) is 0. The zero-order chi connectivity index (χ0) is 13.8. The summed E-state index contributed by atoms with van der Waals surface area (Å²) < 4.78 is 12.9. The first-order chi connectivity index (χ1) is 9.81. The molecule has 2 aliphatic rings. The smallest absolute Gasteiger partial charge is 0.123 e. The molecule has 0 aliphatic heterocycles. The minimum absolute atomic E-state index is 0.162. The van der Waals surface area contributed by atoms with Gasteiger partial charge >= 0.3 is 0 Å². The van der Waals surface area contributed by atoms with Crippen LogP contribution in [-0.2, 0) is 6.42 Å². The van der Waals surface area contributed by atoms with Crippen molar-refractivity contribution in [3.05, 3.63) is 65.4 Å². The lowest BCUT2D eigenvalue weighted by Gasteiger charge is -2.29. The predicted molar refractivity (Wildman–Crippen MR) is 80.4 cm³/mol. The molecule has 0 saturated heterocycles. The Morgan fingerprint density at radius 2 is 1.80 bits per heavy atom. The molecule has 0 unspecified atom stereocenters. The van der Waals surface area contributed by atoms with Gasteiger partial charge in [-0.05, 0) is 55.4 Å². The number of benzene rings is 1. The van der Waals surface area contributed by atoms with Gasteiger partial charge in [-0.3, -0.25) is 0 Å². The first kappa shape index (κ1) is 13.6. The SMILES string of the molecule is Fc1ccc(CC2=[C]C=C[C](C3CCCCC3)C2)cc1. The van der Waals surface area contributed by atoms with Crippen molar-refractivity contribution in [2.75, 3.05) is 0 Å². The highest BCUT2D eigenvalue weighted by atomic mass is 19.1. The zero-order valence-corrected chi connectivity index (χ0v) is 11.9. The molecule has 1 aromatic carbocycles. The molecule has 0 aromatic heterocycles. The fourth-order valence-electron chi connectivity index (χ4n) is 3.34. The van der Waals surface area contributed by atoms with Crippen LogP contribution in [0.25, 0.3) is 0 Å². The maximum atomic E-state index is 12.9. The molecular formula is C19H21F. The van der Waals surface area contributed by atoms with Gasteiger partial charge in [-0.15, -0.1) is 0 Å². The lowest BCUT2D eigenvalue weighted by Crippen LogP contribution is -2.17. The van der Waals surface area contributed by atoms with Crippen LogP contribution in [0.1, 0.15) is 44.1 Å². The summed E-state index contributed by atoms with van der Waals surface area (Å²) >= 11 is 0. The monoisotopic (exact) mass is 268 g/mol. The molecule has 1 aromatic rings. The standard InChI is InChI=1S/C19H21F/c20-19-11-9-15(10-12-19)13-16-5-4-8-18(14-16)17-6-2-1-3-7-17/h4,8-12,17H,1-3,6-7,13-14H2. The lowest BCUT2D eigenvalue weighted by atomic mass is 9.75. The number of halogens is 1. The van der Waals surface area contributed by atoms with Gasteiger partial charge in [0.05, 0.1) is 0 Å². The highest BCUT2D eigenvalue weighted by Crippen LogP contribution is 2.37. The van der Waals surface area contributed by atoms with E-state index >= 15 is 0 Å². The average Bonchev–Trinajstić information content (AvgIpc) is 2.51. The van der Waals surface area contributed by atoms with E-state index in [9.17, 15) is 4.39 Å². The zero-order valence-electron chi connectivity index (χ0n) is 11.9. The Morgan fingerprint density at radius 3 is 2.55 bits per heavy atom. The van der Waals surface area contributed by atoms with E-state index < -0.39 is 0 Å². The number of allylic oxidation sites excluding steroid dienone is 4. The van der Waals surface area contributed by atoms with Gasteiger partial charge in [-0.25, -0.2) is 4.39 Å². The quantitative estimate of drug-likeness (QED) is 0.705. The van der Waals surface area contributed by atoms with Crippen molar-refractivity contribution in [1.29, 1.82) is 0 Å². The number of hydrogen-bond donors (Lipinski definition) is 0. The molecule has 0 spiro atoms. The molecule has 0 bridgehead atoms. The van der Waals surface area contributed by atoms with Crippen molar-refractivity contribution >= 4 is 0 Å². The van der Waals surface area contributed by atoms with Crippen LogP contribution in [0.2, 0.25) is 0 Å². The van der Waals surface area contributed by atoms with E-state index in [1.165, 1.54) is 43.2 Å².